The largest absolute Gasteiger partial charge is 0.393 e. The summed E-state index contributed by atoms with van der Waals surface area (Å²) in [5.41, 5.74) is 0. The molecule has 0 aromatic carbocycles. The zero-order valence-electron chi connectivity index (χ0n) is 22.0. The van der Waals surface area contributed by atoms with Gasteiger partial charge >= 0.3 is 23.9 Å². The summed E-state index contributed by atoms with van der Waals surface area (Å²) in [5.74, 6) is -1.83. The van der Waals surface area contributed by atoms with Crippen LogP contribution in [0.1, 0.15) is 155 Å². The summed E-state index contributed by atoms with van der Waals surface area (Å²) >= 11 is 0. The molecule has 0 heterocycles. The molecular weight excluding hydrogens is 432 g/mol. The van der Waals surface area contributed by atoms with E-state index in [0.29, 0.717) is 12.8 Å². The van der Waals surface area contributed by atoms with Crippen molar-refractivity contribution in [1.82, 2.24) is 0 Å². The molecule has 6 nitrogen and oxygen atoms in total. The molecule has 0 aliphatic rings. The molecule has 0 saturated heterocycles. The van der Waals surface area contributed by atoms with Gasteiger partial charge in [-0.2, -0.15) is 0 Å². The van der Waals surface area contributed by atoms with Crippen LogP contribution in [-0.2, 0) is 28.7 Å². The highest BCUT2D eigenvalue weighted by Gasteiger charge is 2.06. The van der Waals surface area contributed by atoms with Gasteiger partial charge in [0.2, 0.25) is 0 Å². The zero-order valence-corrected chi connectivity index (χ0v) is 22.0. The fraction of sp³-hybridized carbons (Fsp3) is 0.857. The van der Waals surface area contributed by atoms with Gasteiger partial charge in [0.1, 0.15) is 0 Å². The molecule has 0 aromatic rings. The minimum Gasteiger partial charge on any atom is -0.393 e. The van der Waals surface area contributed by atoms with E-state index in [1.807, 2.05) is 0 Å². The van der Waals surface area contributed by atoms with Crippen LogP contribution in [0.2, 0.25) is 0 Å². The molecule has 0 radical (unpaired) electrons. The lowest BCUT2D eigenvalue weighted by Gasteiger charge is -2.04. The molecule has 0 spiro atoms. The molecule has 0 aliphatic heterocycles. The van der Waals surface area contributed by atoms with E-state index < -0.39 is 23.9 Å². The van der Waals surface area contributed by atoms with Crippen molar-refractivity contribution in [3.8, 4) is 0 Å². The van der Waals surface area contributed by atoms with E-state index in [1.54, 1.807) is 0 Å². The Labute approximate surface area is 207 Å². The lowest BCUT2D eigenvalue weighted by Crippen LogP contribution is -2.08. The first-order valence-electron chi connectivity index (χ1n) is 13.8. The quantitative estimate of drug-likeness (QED) is 0.0840. The van der Waals surface area contributed by atoms with Crippen molar-refractivity contribution in [1.29, 1.82) is 0 Å². The maximum atomic E-state index is 11.2. The normalized spacial score (nSPS) is 10.8. The molecule has 0 aliphatic carbocycles. The fourth-order valence-electron chi connectivity index (χ4n) is 4.14. The highest BCUT2D eigenvalue weighted by atomic mass is 16.6. The van der Waals surface area contributed by atoms with Gasteiger partial charge in [-0.05, 0) is 12.8 Å². The van der Waals surface area contributed by atoms with Crippen LogP contribution in [0.4, 0.5) is 0 Å². The summed E-state index contributed by atoms with van der Waals surface area (Å²) in [6.45, 7) is 2.52. The highest BCUT2D eigenvalue weighted by molar-refractivity contribution is 5.84. The molecule has 198 valence electrons. The number of carbonyl (C=O) groups excluding carboxylic acids is 4. The average Bonchev–Trinajstić information content (AvgIpc) is 2.76. The van der Waals surface area contributed by atoms with E-state index in [0.717, 1.165) is 38.5 Å². The predicted octanol–water partition coefficient (Wildman–Crippen LogP) is 7.75. The molecule has 0 N–H and O–H groups in total. The zero-order chi connectivity index (χ0) is 25.3. The summed E-state index contributed by atoms with van der Waals surface area (Å²) in [7, 11) is 0. The van der Waals surface area contributed by atoms with Crippen LogP contribution in [0.25, 0.3) is 0 Å². The molecular formula is C28H50O6. The minimum absolute atomic E-state index is 0.352. The van der Waals surface area contributed by atoms with Gasteiger partial charge in [-0.25, -0.2) is 0 Å². The number of hydrogen-bond acceptors (Lipinski definition) is 6. The van der Waals surface area contributed by atoms with Crippen molar-refractivity contribution in [2.45, 2.75) is 155 Å². The van der Waals surface area contributed by atoms with E-state index >= 15 is 0 Å². The monoisotopic (exact) mass is 482 g/mol. The van der Waals surface area contributed by atoms with E-state index in [1.165, 1.54) is 104 Å². The van der Waals surface area contributed by atoms with Gasteiger partial charge in [-0.3, -0.25) is 19.2 Å². The van der Waals surface area contributed by atoms with Gasteiger partial charge in [0.05, 0.1) is 0 Å². The fourth-order valence-corrected chi connectivity index (χ4v) is 4.14. The number of ether oxygens (including phenoxy) is 2. The Morgan fingerprint density at radius 3 is 0.706 bits per heavy atom. The van der Waals surface area contributed by atoms with Crippen LogP contribution in [-0.4, -0.2) is 23.9 Å². The van der Waals surface area contributed by atoms with Gasteiger partial charge in [0.15, 0.2) is 0 Å². The molecule has 6 heteroatoms. The Morgan fingerprint density at radius 1 is 0.353 bits per heavy atom. The van der Waals surface area contributed by atoms with E-state index in [4.69, 9.17) is 0 Å². The average molecular weight is 483 g/mol. The second kappa shape index (κ2) is 24.4. The third kappa shape index (κ3) is 26.5. The van der Waals surface area contributed by atoms with Crippen molar-refractivity contribution in [2.24, 2.45) is 0 Å². The molecule has 0 rings (SSSR count). The molecule has 0 fully saturated rings. The van der Waals surface area contributed by atoms with Crippen LogP contribution < -0.4 is 0 Å². The maximum Gasteiger partial charge on any atom is 0.313 e. The number of unbranched alkanes of at least 4 members (excludes halogenated alkanes) is 19. The third-order valence-electron chi connectivity index (χ3n) is 6.03. The molecule has 0 unspecified atom stereocenters. The van der Waals surface area contributed by atoms with Crippen LogP contribution >= 0.6 is 0 Å². The van der Waals surface area contributed by atoms with Crippen molar-refractivity contribution in [3.05, 3.63) is 0 Å². The third-order valence-corrected chi connectivity index (χ3v) is 6.03. The molecule has 0 aromatic heterocycles. The first-order valence-corrected chi connectivity index (χ1v) is 13.8. The van der Waals surface area contributed by atoms with Gasteiger partial charge < -0.3 is 9.47 Å². The SMILES string of the molecule is CC(=O)OC(=O)CCCCCCCCCCCCCCCCCCCCCCC(=O)OC(C)=O. The smallest absolute Gasteiger partial charge is 0.313 e. The number of hydrogen-bond donors (Lipinski definition) is 0. The van der Waals surface area contributed by atoms with Crippen molar-refractivity contribution in [2.75, 3.05) is 0 Å². The second-order valence-electron chi connectivity index (χ2n) is 9.50. The summed E-state index contributed by atoms with van der Waals surface area (Å²) in [6.07, 6.45) is 25.2. The van der Waals surface area contributed by atoms with Crippen LogP contribution in [0.15, 0.2) is 0 Å². The van der Waals surface area contributed by atoms with E-state index in [9.17, 15) is 19.2 Å². The topological polar surface area (TPSA) is 86.7 Å². The van der Waals surface area contributed by atoms with Crippen molar-refractivity contribution in [3.63, 3.8) is 0 Å². The summed E-state index contributed by atoms with van der Waals surface area (Å²) in [6, 6.07) is 0. The Morgan fingerprint density at radius 2 is 0.529 bits per heavy atom. The Balaban J connectivity index is 3.14. The molecule has 0 amide bonds. The van der Waals surface area contributed by atoms with E-state index in [-0.39, 0.29) is 0 Å². The molecule has 0 saturated carbocycles. The van der Waals surface area contributed by atoms with Gasteiger partial charge in [-0.1, -0.05) is 116 Å². The second-order valence-corrected chi connectivity index (χ2v) is 9.50. The predicted molar refractivity (Wildman–Crippen MR) is 135 cm³/mol. The van der Waals surface area contributed by atoms with Gasteiger partial charge in [-0.15, -0.1) is 0 Å². The Bertz CT molecular complexity index is 495. The minimum atomic E-state index is -0.517. The van der Waals surface area contributed by atoms with Gasteiger partial charge in [0.25, 0.3) is 0 Å². The van der Waals surface area contributed by atoms with Crippen molar-refractivity contribution >= 4 is 23.9 Å². The standard InChI is InChI=1S/C28H50O6/c1-25(29)33-27(31)23-21-19-17-15-13-11-9-7-5-3-4-6-8-10-12-14-16-18-20-22-24-28(32)34-26(2)30/h3-24H2,1-2H3. The summed E-state index contributed by atoms with van der Waals surface area (Å²) in [4.78, 5) is 43.8. The molecule has 0 atom stereocenters. The van der Waals surface area contributed by atoms with Crippen LogP contribution in [0, 0.1) is 0 Å². The number of rotatable bonds is 23. The summed E-state index contributed by atoms with van der Waals surface area (Å²) in [5, 5.41) is 0. The highest BCUT2D eigenvalue weighted by Crippen LogP contribution is 2.15. The van der Waals surface area contributed by atoms with E-state index in [2.05, 4.69) is 9.47 Å². The summed E-state index contributed by atoms with van der Waals surface area (Å²) < 4.78 is 9.02. The number of esters is 4. The van der Waals surface area contributed by atoms with Gasteiger partial charge in [0, 0.05) is 26.7 Å². The lowest BCUT2D eigenvalue weighted by molar-refractivity contribution is -0.159. The van der Waals surface area contributed by atoms with Crippen LogP contribution in [0.3, 0.4) is 0 Å². The number of carbonyl (C=O) groups is 4. The Kier molecular flexibility index (Phi) is 23.2. The maximum absolute atomic E-state index is 11.2. The molecule has 34 heavy (non-hydrogen) atoms. The Hall–Kier alpha value is -1.72. The van der Waals surface area contributed by atoms with Crippen molar-refractivity contribution < 1.29 is 28.7 Å². The van der Waals surface area contributed by atoms with Crippen LogP contribution in [0.5, 0.6) is 0 Å². The first-order chi connectivity index (χ1) is 16.4. The lowest BCUT2D eigenvalue weighted by atomic mass is 10.0. The first kappa shape index (κ1) is 32.3. The molecule has 0 bridgehead atoms.